The number of thioether (sulfide) groups is 1. The first-order valence-corrected chi connectivity index (χ1v) is 6.84. The van der Waals surface area contributed by atoms with Crippen LogP contribution >= 0.6 is 11.8 Å². The van der Waals surface area contributed by atoms with Crippen molar-refractivity contribution >= 4 is 11.8 Å². The smallest absolute Gasteiger partial charge is 0.0993 e. The van der Waals surface area contributed by atoms with Crippen molar-refractivity contribution in [2.24, 2.45) is 0 Å². The maximum atomic E-state index is 8.74. The Balaban J connectivity index is 2.19. The molecule has 0 spiro atoms. The van der Waals surface area contributed by atoms with Gasteiger partial charge >= 0.3 is 0 Å². The highest BCUT2D eigenvalue weighted by atomic mass is 32.2. The molecule has 1 aromatic rings. The minimum atomic E-state index is 0.698. The molecule has 86 valence electrons. The monoisotopic (exact) mass is 234 g/mol. The van der Waals surface area contributed by atoms with Crippen molar-refractivity contribution in [1.82, 2.24) is 4.98 Å². The first-order chi connectivity index (χ1) is 7.86. The summed E-state index contributed by atoms with van der Waals surface area (Å²) in [5.41, 5.74) is 0.698. The summed E-state index contributed by atoms with van der Waals surface area (Å²) in [5.74, 6) is 1.10. The lowest BCUT2D eigenvalue weighted by molar-refractivity contribution is 0.659. The largest absolute Gasteiger partial charge is 0.250 e. The Kier molecular flexibility index (Phi) is 6.67. The molecular weight excluding hydrogens is 216 g/mol. The highest BCUT2D eigenvalue weighted by Gasteiger charge is 1.97. The Labute approximate surface area is 102 Å². The van der Waals surface area contributed by atoms with E-state index in [1.54, 1.807) is 24.0 Å². The van der Waals surface area contributed by atoms with Crippen molar-refractivity contribution in [2.45, 2.75) is 44.1 Å². The number of pyridine rings is 1. The van der Waals surface area contributed by atoms with E-state index < -0.39 is 0 Å². The lowest BCUT2D eigenvalue weighted by atomic mass is 10.2. The molecule has 1 aromatic heterocycles. The van der Waals surface area contributed by atoms with Crippen LogP contribution in [-0.2, 0) is 0 Å². The predicted octanol–water partition coefficient (Wildman–Crippen LogP) is 4.02. The molecule has 0 fully saturated rings. The van der Waals surface area contributed by atoms with Crippen molar-refractivity contribution in [3.63, 3.8) is 0 Å². The van der Waals surface area contributed by atoms with E-state index in [2.05, 4.69) is 18.0 Å². The molecule has 0 aliphatic heterocycles. The van der Waals surface area contributed by atoms with Crippen molar-refractivity contribution in [2.75, 3.05) is 5.75 Å². The summed E-state index contributed by atoms with van der Waals surface area (Å²) in [6, 6.07) is 5.73. The van der Waals surface area contributed by atoms with Gasteiger partial charge in [0.1, 0.15) is 0 Å². The number of aromatic nitrogens is 1. The molecule has 0 radical (unpaired) electrons. The first-order valence-electron chi connectivity index (χ1n) is 5.85. The number of hydrogen-bond acceptors (Lipinski definition) is 3. The molecule has 1 rings (SSSR count). The van der Waals surface area contributed by atoms with Gasteiger partial charge in [-0.3, -0.25) is 0 Å². The van der Waals surface area contributed by atoms with Crippen molar-refractivity contribution in [1.29, 1.82) is 5.26 Å². The molecule has 0 saturated heterocycles. The summed E-state index contributed by atoms with van der Waals surface area (Å²) >= 11 is 1.75. The number of nitrogens with zero attached hydrogens (tertiary/aromatic N) is 2. The van der Waals surface area contributed by atoms with Gasteiger partial charge in [-0.1, -0.05) is 32.6 Å². The highest BCUT2D eigenvalue weighted by molar-refractivity contribution is 7.99. The summed E-state index contributed by atoms with van der Waals surface area (Å²) in [6.45, 7) is 2.23. The maximum absolute atomic E-state index is 8.74. The number of nitriles is 1. The zero-order valence-electron chi connectivity index (χ0n) is 9.78. The average molecular weight is 234 g/mol. The molecule has 0 bridgehead atoms. The molecule has 0 amide bonds. The molecule has 0 unspecified atom stereocenters. The second kappa shape index (κ2) is 8.18. The Hall–Kier alpha value is -1.01. The SMILES string of the molecule is CCCCCCCSc1cc(C#N)ccn1. The van der Waals surface area contributed by atoms with Crippen LogP contribution in [0.1, 0.15) is 44.6 Å². The van der Waals surface area contributed by atoms with Gasteiger partial charge in [0.15, 0.2) is 0 Å². The normalized spacial score (nSPS) is 10.0. The van der Waals surface area contributed by atoms with Gasteiger partial charge in [-0.15, -0.1) is 11.8 Å². The van der Waals surface area contributed by atoms with Crippen LogP contribution in [0.25, 0.3) is 0 Å². The van der Waals surface area contributed by atoms with Gasteiger partial charge in [0, 0.05) is 6.20 Å². The average Bonchev–Trinajstić information content (AvgIpc) is 2.34. The van der Waals surface area contributed by atoms with Gasteiger partial charge in [-0.25, -0.2) is 4.98 Å². The first kappa shape index (κ1) is 13.1. The van der Waals surface area contributed by atoms with Crippen LogP contribution in [0.4, 0.5) is 0 Å². The Morgan fingerprint density at radius 1 is 1.31 bits per heavy atom. The van der Waals surface area contributed by atoms with Gasteiger partial charge in [-0.2, -0.15) is 5.26 Å². The fourth-order valence-corrected chi connectivity index (χ4v) is 2.34. The number of rotatable bonds is 7. The summed E-state index contributed by atoms with van der Waals surface area (Å²) in [5, 5.41) is 9.71. The molecule has 3 heteroatoms. The number of hydrogen-bond donors (Lipinski definition) is 0. The fourth-order valence-electron chi connectivity index (χ4n) is 1.44. The van der Waals surface area contributed by atoms with Crippen molar-refractivity contribution < 1.29 is 0 Å². The van der Waals surface area contributed by atoms with Gasteiger partial charge in [0.2, 0.25) is 0 Å². The van der Waals surface area contributed by atoms with Gasteiger partial charge in [0.05, 0.1) is 16.7 Å². The highest BCUT2D eigenvalue weighted by Crippen LogP contribution is 2.18. The van der Waals surface area contributed by atoms with Crippen molar-refractivity contribution in [3.05, 3.63) is 23.9 Å². The molecule has 0 aliphatic rings. The van der Waals surface area contributed by atoms with Gasteiger partial charge in [0.25, 0.3) is 0 Å². The number of unbranched alkanes of at least 4 members (excludes halogenated alkanes) is 4. The summed E-state index contributed by atoms with van der Waals surface area (Å²) < 4.78 is 0. The molecule has 0 aliphatic carbocycles. The fraction of sp³-hybridized carbons (Fsp3) is 0.538. The van der Waals surface area contributed by atoms with Crippen LogP contribution < -0.4 is 0 Å². The van der Waals surface area contributed by atoms with E-state index in [-0.39, 0.29) is 0 Å². The Morgan fingerprint density at radius 2 is 2.12 bits per heavy atom. The lowest BCUT2D eigenvalue weighted by Crippen LogP contribution is -1.85. The van der Waals surface area contributed by atoms with Crippen molar-refractivity contribution in [3.8, 4) is 6.07 Å². The van der Waals surface area contributed by atoms with E-state index in [1.807, 2.05) is 6.07 Å². The van der Waals surface area contributed by atoms with Crippen LogP contribution in [-0.4, -0.2) is 10.7 Å². The third-order valence-electron chi connectivity index (χ3n) is 2.36. The second-order valence-corrected chi connectivity index (χ2v) is 4.87. The third-order valence-corrected chi connectivity index (χ3v) is 3.37. The van der Waals surface area contributed by atoms with Crippen LogP contribution in [0.3, 0.4) is 0 Å². The molecule has 0 atom stereocenters. The van der Waals surface area contributed by atoms with E-state index in [0.29, 0.717) is 5.56 Å². The van der Waals surface area contributed by atoms with Crippen LogP contribution in [0.5, 0.6) is 0 Å². The van der Waals surface area contributed by atoms with E-state index in [1.165, 1.54) is 32.1 Å². The zero-order chi connectivity index (χ0) is 11.6. The van der Waals surface area contributed by atoms with Gasteiger partial charge < -0.3 is 0 Å². The van der Waals surface area contributed by atoms with Crippen LogP contribution in [0.15, 0.2) is 23.4 Å². The molecule has 16 heavy (non-hydrogen) atoms. The third kappa shape index (κ3) is 5.18. The standard InChI is InChI=1S/C13H18N2S/c1-2-3-4-5-6-9-16-13-10-12(11-14)7-8-15-13/h7-8,10H,2-6,9H2,1H3. The molecule has 2 nitrogen and oxygen atoms in total. The Bertz CT molecular complexity index is 344. The predicted molar refractivity (Wildman–Crippen MR) is 68.4 cm³/mol. The summed E-state index contributed by atoms with van der Waals surface area (Å²) in [6.07, 6.45) is 8.22. The molecule has 0 aromatic carbocycles. The zero-order valence-corrected chi connectivity index (χ0v) is 10.6. The van der Waals surface area contributed by atoms with Gasteiger partial charge in [-0.05, 0) is 24.3 Å². The Morgan fingerprint density at radius 3 is 2.88 bits per heavy atom. The topological polar surface area (TPSA) is 36.7 Å². The summed E-state index contributed by atoms with van der Waals surface area (Å²) in [4.78, 5) is 4.23. The molecule has 0 saturated carbocycles. The maximum Gasteiger partial charge on any atom is 0.0993 e. The van der Waals surface area contributed by atoms with Crippen LogP contribution in [0.2, 0.25) is 0 Å². The minimum Gasteiger partial charge on any atom is -0.250 e. The van der Waals surface area contributed by atoms with E-state index >= 15 is 0 Å². The lowest BCUT2D eigenvalue weighted by Gasteiger charge is -2.01. The molecular formula is C13H18N2S. The minimum absolute atomic E-state index is 0.698. The van der Waals surface area contributed by atoms with E-state index in [4.69, 9.17) is 5.26 Å². The quantitative estimate of drug-likeness (QED) is 0.528. The van der Waals surface area contributed by atoms with Crippen LogP contribution in [0, 0.1) is 11.3 Å². The second-order valence-electron chi connectivity index (χ2n) is 3.76. The molecule has 0 N–H and O–H groups in total. The van der Waals surface area contributed by atoms with E-state index in [0.717, 1.165) is 10.8 Å². The summed E-state index contributed by atoms with van der Waals surface area (Å²) in [7, 11) is 0. The molecule has 1 heterocycles. The van der Waals surface area contributed by atoms with E-state index in [9.17, 15) is 0 Å².